The van der Waals surface area contributed by atoms with Gasteiger partial charge in [0.1, 0.15) is 5.75 Å². The lowest BCUT2D eigenvalue weighted by Gasteiger charge is -2.17. The van der Waals surface area contributed by atoms with Gasteiger partial charge < -0.3 is 15.6 Å². The van der Waals surface area contributed by atoms with Crippen LogP contribution in [-0.2, 0) is 6.18 Å². The third-order valence-corrected chi connectivity index (χ3v) is 2.77. The van der Waals surface area contributed by atoms with Gasteiger partial charge in [0, 0.05) is 6.54 Å². The van der Waals surface area contributed by atoms with E-state index in [0.29, 0.717) is 0 Å². The number of aliphatic hydroxyl groups excluding tert-OH is 1. The molecule has 0 aliphatic carbocycles. The van der Waals surface area contributed by atoms with Crippen LogP contribution < -0.4 is 10.5 Å². The number of nitrogens with two attached hydrogens (primary N) is 1. The summed E-state index contributed by atoms with van der Waals surface area (Å²) < 4.78 is 43.1. The molecule has 17 heavy (non-hydrogen) atoms. The quantitative estimate of drug-likeness (QED) is 0.901. The molecule has 0 saturated heterocycles. The lowest BCUT2D eigenvalue weighted by molar-refractivity contribution is -0.138. The first-order valence-corrected chi connectivity index (χ1v) is 5.43. The third-order valence-electron chi connectivity index (χ3n) is 2.18. The Morgan fingerprint density at radius 3 is 2.47 bits per heavy atom. The summed E-state index contributed by atoms with van der Waals surface area (Å²) in [5.41, 5.74) is 4.35. The zero-order chi connectivity index (χ0) is 13.2. The summed E-state index contributed by atoms with van der Waals surface area (Å²) in [6.45, 7) is -0.157. The molecular formula is C10H11BrF3NO2. The van der Waals surface area contributed by atoms with Crippen molar-refractivity contribution in [1.29, 1.82) is 0 Å². The molecule has 7 heteroatoms. The molecule has 1 aromatic carbocycles. The Morgan fingerprint density at radius 1 is 1.47 bits per heavy atom. The van der Waals surface area contributed by atoms with Crippen molar-refractivity contribution in [3.63, 3.8) is 0 Å². The number of rotatable bonds is 3. The van der Waals surface area contributed by atoms with E-state index in [2.05, 4.69) is 15.9 Å². The topological polar surface area (TPSA) is 55.5 Å². The van der Waals surface area contributed by atoms with Crippen LogP contribution in [0.1, 0.15) is 17.2 Å². The van der Waals surface area contributed by atoms with Gasteiger partial charge in [0.2, 0.25) is 0 Å². The van der Waals surface area contributed by atoms with Crippen molar-refractivity contribution in [2.45, 2.75) is 12.3 Å². The fourth-order valence-electron chi connectivity index (χ4n) is 1.36. The van der Waals surface area contributed by atoms with E-state index in [1.807, 2.05) is 0 Å². The van der Waals surface area contributed by atoms with Crippen LogP contribution in [0.4, 0.5) is 13.2 Å². The molecular weight excluding hydrogens is 303 g/mol. The number of aliphatic hydroxyl groups is 1. The first-order valence-electron chi connectivity index (χ1n) is 4.64. The third kappa shape index (κ3) is 3.11. The average Bonchev–Trinajstić information content (AvgIpc) is 2.25. The minimum Gasteiger partial charge on any atom is -0.495 e. The molecule has 1 rings (SSSR count). The maximum Gasteiger partial charge on any atom is 0.420 e. The zero-order valence-corrected chi connectivity index (χ0v) is 10.5. The Bertz CT molecular complexity index is 409. The molecule has 0 bridgehead atoms. The molecule has 0 radical (unpaired) electrons. The Hall–Kier alpha value is -0.790. The molecule has 0 heterocycles. The SMILES string of the molecule is COc1c(Br)cc(C(O)CN)cc1C(F)(F)F. The summed E-state index contributed by atoms with van der Waals surface area (Å²) in [4.78, 5) is 0. The van der Waals surface area contributed by atoms with E-state index in [4.69, 9.17) is 10.5 Å². The van der Waals surface area contributed by atoms with E-state index in [9.17, 15) is 18.3 Å². The molecule has 0 fully saturated rings. The van der Waals surface area contributed by atoms with Crippen LogP contribution >= 0.6 is 15.9 Å². The smallest absolute Gasteiger partial charge is 0.420 e. The highest BCUT2D eigenvalue weighted by molar-refractivity contribution is 9.10. The molecule has 3 N–H and O–H groups in total. The Balaban J connectivity index is 3.39. The fraction of sp³-hybridized carbons (Fsp3) is 0.400. The molecule has 1 aromatic rings. The van der Waals surface area contributed by atoms with E-state index in [-0.39, 0.29) is 22.3 Å². The molecule has 0 spiro atoms. The van der Waals surface area contributed by atoms with Gasteiger partial charge in [-0.05, 0) is 33.6 Å². The van der Waals surface area contributed by atoms with Gasteiger partial charge in [-0.25, -0.2) is 0 Å². The standard InChI is InChI=1S/C10H11BrF3NO2/c1-17-9-6(10(12,13)14)2-5(3-7(9)11)8(16)4-15/h2-3,8,16H,4,15H2,1H3. The van der Waals surface area contributed by atoms with Crippen LogP contribution in [0.25, 0.3) is 0 Å². The van der Waals surface area contributed by atoms with E-state index in [0.717, 1.165) is 13.2 Å². The van der Waals surface area contributed by atoms with Crippen molar-refractivity contribution in [3.05, 3.63) is 27.7 Å². The van der Waals surface area contributed by atoms with Gasteiger partial charge in [-0.2, -0.15) is 13.2 Å². The van der Waals surface area contributed by atoms with Crippen LogP contribution in [0.2, 0.25) is 0 Å². The summed E-state index contributed by atoms with van der Waals surface area (Å²) in [5, 5.41) is 9.45. The first-order chi connectivity index (χ1) is 7.81. The Labute approximate surface area is 105 Å². The van der Waals surface area contributed by atoms with Crippen LogP contribution in [-0.4, -0.2) is 18.8 Å². The van der Waals surface area contributed by atoms with Crippen LogP contribution in [0, 0.1) is 0 Å². The van der Waals surface area contributed by atoms with Gasteiger partial charge >= 0.3 is 6.18 Å². The summed E-state index contributed by atoms with van der Waals surface area (Å²) in [6, 6.07) is 2.19. The van der Waals surface area contributed by atoms with Crippen molar-refractivity contribution in [1.82, 2.24) is 0 Å². The lowest BCUT2D eigenvalue weighted by atomic mass is 10.0. The fourth-order valence-corrected chi connectivity index (χ4v) is 2.00. The zero-order valence-electron chi connectivity index (χ0n) is 8.88. The highest BCUT2D eigenvalue weighted by Crippen LogP contribution is 2.41. The van der Waals surface area contributed by atoms with Gasteiger partial charge in [-0.15, -0.1) is 0 Å². The number of methoxy groups -OCH3 is 1. The Kier molecular flexibility index (Phi) is 4.40. The first kappa shape index (κ1) is 14.3. The maximum absolute atomic E-state index is 12.7. The largest absolute Gasteiger partial charge is 0.495 e. The highest BCUT2D eigenvalue weighted by Gasteiger charge is 2.36. The molecule has 3 nitrogen and oxygen atoms in total. The summed E-state index contributed by atoms with van der Waals surface area (Å²) in [7, 11) is 1.15. The summed E-state index contributed by atoms with van der Waals surface area (Å²) in [5.74, 6) is -0.314. The van der Waals surface area contributed by atoms with Gasteiger partial charge in [0.25, 0.3) is 0 Å². The molecule has 0 amide bonds. The van der Waals surface area contributed by atoms with E-state index in [1.54, 1.807) is 0 Å². The van der Waals surface area contributed by atoms with Gasteiger partial charge in [-0.3, -0.25) is 0 Å². The molecule has 1 unspecified atom stereocenters. The second-order valence-corrected chi connectivity index (χ2v) is 4.19. The number of alkyl halides is 3. The van der Waals surface area contributed by atoms with Gasteiger partial charge in [0.15, 0.2) is 0 Å². The predicted octanol–water partition coefficient (Wildman–Crippen LogP) is 2.47. The lowest BCUT2D eigenvalue weighted by Crippen LogP contribution is -2.14. The van der Waals surface area contributed by atoms with Crippen molar-refractivity contribution in [2.75, 3.05) is 13.7 Å². The predicted molar refractivity (Wildman–Crippen MR) is 59.7 cm³/mol. The molecule has 0 aromatic heterocycles. The minimum absolute atomic E-state index is 0.0903. The van der Waals surface area contributed by atoms with Crippen molar-refractivity contribution < 1.29 is 23.0 Å². The molecule has 0 aliphatic rings. The number of halogens is 4. The number of hydrogen-bond acceptors (Lipinski definition) is 3. The minimum atomic E-state index is -4.56. The monoisotopic (exact) mass is 313 g/mol. The summed E-state index contributed by atoms with van der Waals surface area (Å²) in [6.07, 6.45) is -5.70. The highest BCUT2D eigenvalue weighted by atomic mass is 79.9. The number of hydrogen-bond donors (Lipinski definition) is 2. The number of benzene rings is 1. The van der Waals surface area contributed by atoms with Crippen molar-refractivity contribution >= 4 is 15.9 Å². The van der Waals surface area contributed by atoms with E-state index < -0.39 is 17.8 Å². The second kappa shape index (κ2) is 5.24. The average molecular weight is 314 g/mol. The van der Waals surface area contributed by atoms with Crippen LogP contribution in [0.3, 0.4) is 0 Å². The van der Waals surface area contributed by atoms with E-state index >= 15 is 0 Å². The van der Waals surface area contributed by atoms with Crippen LogP contribution in [0.5, 0.6) is 5.75 Å². The molecule has 96 valence electrons. The van der Waals surface area contributed by atoms with Gasteiger partial charge in [0.05, 0.1) is 23.2 Å². The van der Waals surface area contributed by atoms with Crippen molar-refractivity contribution in [2.24, 2.45) is 5.73 Å². The Morgan fingerprint density at radius 2 is 2.06 bits per heavy atom. The molecule has 0 saturated carbocycles. The normalized spacial score (nSPS) is 13.6. The summed E-state index contributed by atoms with van der Waals surface area (Å²) >= 11 is 2.97. The molecule has 1 atom stereocenters. The molecule has 0 aliphatic heterocycles. The van der Waals surface area contributed by atoms with Crippen molar-refractivity contribution in [3.8, 4) is 5.75 Å². The van der Waals surface area contributed by atoms with E-state index in [1.165, 1.54) is 6.07 Å². The van der Waals surface area contributed by atoms with Gasteiger partial charge in [-0.1, -0.05) is 0 Å². The number of ether oxygens (including phenoxy) is 1. The second-order valence-electron chi connectivity index (χ2n) is 3.33. The van der Waals surface area contributed by atoms with Crippen LogP contribution in [0.15, 0.2) is 16.6 Å². The maximum atomic E-state index is 12.7.